The molecule has 0 bridgehead atoms. The maximum absolute atomic E-state index is 12.3. The van der Waals surface area contributed by atoms with Crippen molar-refractivity contribution in [3.05, 3.63) is 29.8 Å². The fourth-order valence-corrected chi connectivity index (χ4v) is 2.57. The summed E-state index contributed by atoms with van der Waals surface area (Å²) in [5.74, 6) is 0.804. The smallest absolute Gasteiger partial charge is 0.342 e. The molecular weight excluding hydrogens is 240 g/mol. The number of hydrogen-bond donors (Lipinski definition) is 0. The summed E-state index contributed by atoms with van der Waals surface area (Å²) in [6.07, 6.45) is 4.56. The number of benzene rings is 1. The van der Waals surface area contributed by atoms with Gasteiger partial charge in [-0.3, -0.25) is 0 Å². The second-order valence-corrected chi connectivity index (χ2v) is 5.13. The molecule has 1 aliphatic rings. The molecule has 0 spiro atoms. The van der Waals surface area contributed by atoms with E-state index in [1.165, 1.54) is 6.42 Å². The van der Waals surface area contributed by atoms with Gasteiger partial charge in [0.1, 0.15) is 17.4 Å². The highest BCUT2D eigenvalue weighted by atomic mass is 16.5. The van der Waals surface area contributed by atoms with Gasteiger partial charge in [0.15, 0.2) is 0 Å². The molecular formula is C16H22O3. The molecule has 0 aliphatic heterocycles. The maximum Gasteiger partial charge on any atom is 0.342 e. The lowest BCUT2D eigenvalue weighted by molar-refractivity contribution is 0.00448. The van der Waals surface area contributed by atoms with Gasteiger partial charge >= 0.3 is 5.97 Å². The van der Waals surface area contributed by atoms with Crippen LogP contribution in [0, 0.1) is 5.92 Å². The van der Waals surface area contributed by atoms with Gasteiger partial charge in [0.05, 0.1) is 6.61 Å². The molecule has 0 radical (unpaired) electrons. The molecule has 0 heterocycles. The molecule has 1 aliphatic carbocycles. The van der Waals surface area contributed by atoms with Crippen LogP contribution in [0.4, 0.5) is 0 Å². The highest BCUT2D eigenvalue weighted by Crippen LogP contribution is 2.28. The Bertz CT molecular complexity index is 428. The van der Waals surface area contributed by atoms with Gasteiger partial charge in [-0.25, -0.2) is 4.79 Å². The van der Waals surface area contributed by atoms with E-state index >= 15 is 0 Å². The number of ether oxygens (including phenoxy) is 2. The van der Waals surface area contributed by atoms with Crippen LogP contribution in [0.1, 0.15) is 49.9 Å². The minimum Gasteiger partial charge on any atom is -0.493 e. The third-order valence-electron chi connectivity index (χ3n) is 3.70. The number of hydrogen-bond acceptors (Lipinski definition) is 3. The predicted molar refractivity (Wildman–Crippen MR) is 74.4 cm³/mol. The molecule has 104 valence electrons. The first-order valence-electron chi connectivity index (χ1n) is 7.15. The molecule has 1 aromatic rings. The molecule has 1 aromatic carbocycles. The zero-order valence-corrected chi connectivity index (χ0v) is 11.7. The lowest BCUT2D eigenvalue weighted by atomic mass is 9.88. The second-order valence-electron chi connectivity index (χ2n) is 5.13. The Hall–Kier alpha value is -1.51. The average molecular weight is 262 g/mol. The molecule has 2 atom stereocenters. The van der Waals surface area contributed by atoms with Gasteiger partial charge in [-0.05, 0) is 44.2 Å². The van der Waals surface area contributed by atoms with Gasteiger partial charge in [-0.1, -0.05) is 25.5 Å². The van der Waals surface area contributed by atoms with Gasteiger partial charge in [-0.2, -0.15) is 0 Å². The van der Waals surface area contributed by atoms with Gasteiger partial charge < -0.3 is 9.47 Å². The van der Waals surface area contributed by atoms with Crippen molar-refractivity contribution in [3.63, 3.8) is 0 Å². The molecule has 1 saturated carbocycles. The maximum atomic E-state index is 12.3. The number of carbonyl (C=O) groups excluding carboxylic acids is 1. The quantitative estimate of drug-likeness (QED) is 0.774. The molecule has 19 heavy (non-hydrogen) atoms. The van der Waals surface area contributed by atoms with Crippen LogP contribution >= 0.6 is 0 Å². The standard InChI is InChI=1S/C16H22O3/c1-3-18-15-11-7-5-9-13(15)16(17)19-14-10-6-4-8-12(14)2/h5,7,9,11-12,14H,3-4,6,8,10H2,1-2H3. The van der Waals surface area contributed by atoms with Crippen LogP contribution in [0.3, 0.4) is 0 Å². The summed E-state index contributed by atoms with van der Waals surface area (Å²) < 4.78 is 11.1. The van der Waals surface area contributed by atoms with Crippen molar-refractivity contribution >= 4 is 5.97 Å². The average Bonchev–Trinajstić information content (AvgIpc) is 2.42. The van der Waals surface area contributed by atoms with Gasteiger partial charge in [0.25, 0.3) is 0 Å². The minimum absolute atomic E-state index is 0.0518. The van der Waals surface area contributed by atoms with Crippen molar-refractivity contribution in [3.8, 4) is 5.75 Å². The topological polar surface area (TPSA) is 35.5 Å². The summed E-state index contributed by atoms with van der Waals surface area (Å²) >= 11 is 0. The van der Waals surface area contributed by atoms with E-state index in [4.69, 9.17) is 9.47 Å². The first kappa shape index (κ1) is 13.9. The van der Waals surface area contributed by atoms with Crippen LogP contribution in [0.5, 0.6) is 5.75 Å². The summed E-state index contributed by atoms with van der Waals surface area (Å²) in [6, 6.07) is 7.28. The van der Waals surface area contributed by atoms with Crippen molar-refractivity contribution in [2.75, 3.05) is 6.61 Å². The Kier molecular flexibility index (Phi) is 4.83. The Morgan fingerprint density at radius 3 is 2.74 bits per heavy atom. The van der Waals surface area contributed by atoms with Crippen molar-refractivity contribution in [1.82, 2.24) is 0 Å². The zero-order valence-electron chi connectivity index (χ0n) is 11.7. The first-order chi connectivity index (χ1) is 9.22. The second kappa shape index (κ2) is 6.60. The Morgan fingerprint density at radius 1 is 1.26 bits per heavy atom. The van der Waals surface area contributed by atoms with Crippen LogP contribution in [0.25, 0.3) is 0 Å². The fraction of sp³-hybridized carbons (Fsp3) is 0.562. The molecule has 0 saturated heterocycles. The van der Waals surface area contributed by atoms with E-state index in [9.17, 15) is 4.79 Å². The lowest BCUT2D eigenvalue weighted by Crippen LogP contribution is -2.28. The third kappa shape index (κ3) is 3.49. The van der Waals surface area contributed by atoms with Crippen LogP contribution in [-0.4, -0.2) is 18.7 Å². The summed E-state index contributed by atoms with van der Waals surface area (Å²) in [6.45, 7) is 4.61. The first-order valence-corrected chi connectivity index (χ1v) is 7.15. The third-order valence-corrected chi connectivity index (χ3v) is 3.70. The summed E-state index contributed by atoms with van der Waals surface area (Å²) in [7, 11) is 0. The Morgan fingerprint density at radius 2 is 2.00 bits per heavy atom. The summed E-state index contributed by atoms with van der Waals surface area (Å²) in [4.78, 5) is 12.3. The summed E-state index contributed by atoms with van der Waals surface area (Å²) in [5, 5.41) is 0. The van der Waals surface area contributed by atoms with Gasteiger partial charge in [-0.15, -0.1) is 0 Å². The molecule has 0 N–H and O–H groups in total. The molecule has 2 unspecified atom stereocenters. The molecule has 3 nitrogen and oxygen atoms in total. The van der Waals surface area contributed by atoms with Crippen LogP contribution in [-0.2, 0) is 4.74 Å². The number of esters is 1. The predicted octanol–water partition coefficient (Wildman–Crippen LogP) is 3.82. The van der Waals surface area contributed by atoms with E-state index in [2.05, 4.69) is 6.92 Å². The Balaban J connectivity index is 2.06. The molecule has 3 heteroatoms. The van der Waals surface area contributed by atoms with Crippen LogP contribution < -0.4 is 4.74 Å². The van der Waals surface area contributed by atoms with E-state index in [1.807, 2.05) is 25.1 Å². The highest BCUT2D eigenvalue weighted by Gasteiger charge is 2.26. The van der Waals surface area contributed by atoms with E-state index < -0.39 is 0 Å². The van der Waals surface area contributed by atoms with E-state index in [0.717, 1.165) is 19.3 Å². The van der Waals surface area contributed by atoms with Crippen LogP contribution in [0.15, 0.2) is 24.3 Å². The normalized spacial score (nSPS) is 22.8. The Labute approximate surface area is 114 Å². The van der Waals surface area contributed by atoms with Crippen molar-refractivity contribution < 1.29 is 14.3 Å². The number of para-hydroxylation sites is 1. The van der Waals surface area contributed by atoms with Gasteiger partial charge in [0.2, 0.25) is 0 Å². The number of carbonyl (C=O) groups is 1. The van der Waals surface area contributed by atoms with E-state index in [-0.39, 0.29) is 12.1 Å². The van der Waals surface area contributed by atoms with E-state index in [0.29, 0.717) is 23.8 Å². The highest BCUT2D eigenvalue weighted by molar-refractivity contribution is 5.92. The SMILES string of the molecule is CCOc1ccccc1C(=O)OC1CCCCC1C. The zero-order chi connectivity index (χ0) is 13.7. The summed E-state index contributed by atoms with van der Waals surface area (Å²) in [5.41, 5.74) is 0.530. The molecule has 2 rings (SSSR count). The molecule has 1 fully saturated rings. The van der Waals surface area contributed by atoms with E-state index in [1.54, 1.807) is 6.07 Å². The minimum atomic E-state index is -0.261. The van der Waals surface area contributed by atoms with Crippen molar-refractivity contribution in [1.29, 1.82) is 0 Å². The molecule has 0 amide bonds. The van der Waals surface area contributed by atoms with Crippen molar-refractivity contribution in [2.45, 2.75) is 45.6 Å². The molecule has 0 aromatic heterocycles. The monoisotopic (exact) mass is 262 g/mol. The lowest BCUT2D eigenvalue weighted by Gasteiger charge is -2.28. The van der Waals surface area contributed by atoms with Gasteiger partial charge in [0, 0.05) is 0 Å². The number of rotatable bonds is 4. The van der Waals surface area contributed by atoms with Crippen LogP contribution in [0.2, 0.25) is 0 Å². The largest absolute Gasteiger partial charge is 0.493 e. The fourth-order valence-electron chi connectivity index (χ4n) is 2.57. The van der Waals surface area contributed by atoms with Crippen molar-refractivity contribution in [2.24, 2.45) is 5.92 Å².